The summed E-state index contributed by atoms with van der Waals surface area (Å²) >= 11 is 34.5. The summed E-state index contributed by atoms with van der Waals surface area (Å²) in [6.07, 6.45) is 0. The molecule has 0 N–H and O–H groups in total. The Morgan fingerprint density at radius 2 is 0.941 bits per heavy atom. The van der Waals surface area contributed by atoms with E-state index in [1.165, 1.54) is 0 Å². The molecule has 0 spiro atoms. The highest BCUT2D eigenvalue weighted by atomic mass is 35.5. The summed E-state index contributed by atoms with van der Waals surface area (Å²) in [7, 11) is 0. The van der Waals surface area contributed by atoms with Gasteiger partial charge in [-0.2, -0.15) is 0 Å². The Kier molecular flexibility index (Phi) is 3.36. The van der Waals surface area contributed by atoms with Crippen LogP contribution in [0.5, 0.6) is 0 Å². The maximum absolute atomic E-state index is 11.8. The van der Waals surface area contributed by atoms with Gasteiger partial charge in [0, 0.05) is 0 Å². The van der Waals surface area contributed by atoms with Crippen molar-refractivity contribution in [3.8, 4) is 0 Å². The minimum absolute atomic E-state index is 0.121. The van der Waals surface area contributed by atoms with Crippen molar-refractivity contribution in [3.05, 3.63) is 31.2 Å². The van der Waals surface area contributed by atoms with Crippen LogP contribution < -0.4 is 0 Å². The number of alkyl halides is 2. The molecule has 8 heteroatoms. The number of rotatable bonds is 0. The monoisotopic (exact) mass is 350 g/mol. The zero-order valence-electron chi connectivity index (χ0n) is 7.58. The maximum Gasteiger partial charge on any atom is 0.242 e. The van der Waals surface area contributed by atoms with Crippen LogP contribution in [0.2, 0.25) is 20.1 Å². The molecule has 0 fully saturated rings. The SMILES string of the molecule is O=C1c2c(Cl)c(Cl)c(Cl)c(Cl)c2C(=O)C1(Cl)Cl. The highest BCUT2D eigenvalue weighted by Gasteiger charge is 2.53. The lowest BCUT2D eigenvalue weighted by atomic mass is 10.1. The van der Waals surface area contributed by atoms with Crippen molar-refractivity contribution in [2.45, 2.75) is 4.33 Å². The molecule has 1 aliphatic rings. The van der Waals surface area contributed by atoms with Gasteiger partial charge >= 0.3 is 0 Å². The quantitative estimate of drug-likeness (QED) is 0.289. The summed E-state index contributed by atoms with van der Waals surface area (Å²) in [4.78, 5) is 23.7. The number of fused-ring (bicyclic) bond motifs is 1. The van der Waals surface area contributed by atoms with Crippen LogP contribution in [0.15, 0.2) is 0 Å². The first-order chi connectivity index (χ1) is 7.71. The number of hydrogen-bond acceptors (Lipinski definition) is 2. The Labute approximate surface area is 126 Å². The predicted octanol–water partition coefficient (Wildman–Crippen LogP) is 4.85. The fourth-order valence-corrected chi connectivity index (χ4v) is 2.88. The van der Waals surface area contributed by atoms with E-state index in [0.29, 0.717) is 0 Å². The third-order valence-electron chi connectivity index (χ3n) is 2.29. The molecule has 90 valence electrons. The molecule has 0 heterocycles. The van der Waals surface area contributed by atoms with Gasteiger partial charge in [0.1, 0.15) is 0 Å². The van der Waals surface area contributed by atoms with E-state index < -0.39 is 15.9 Å². The zero-order chi connectivity index (χ0) is 13.1. The van der Waals surface area contributed by atoms with Crippen LogP contribution in [0.25, 0.3) is 0 Å². The summed E-state index contributed by atoms with van der Waals surface area (Å²) in [5.41, 5.74) is -0.387. The minimum Gasteiger partial charge on any atom is -0.290 e. The highest BCUT2D eigenvalue weighted by Crippen LogP contribution is 2.49. The van der Waals surface area contributed by atoms with Crippen LogP contribution in [0.4, 0.5) is 0 Å². The number of hydrogen-bond donors (Lipinski definition) is 0. The Hall–Kier alpha value is 0.300. The second kappa shape index (κ2) is 4.16. The second-order valence-corrected chi connectivity index (χ2v) is 6.08. The van der Waals surface area contributed by atoms with Crippen LogP contribution in [-0.4, -0.2) is 15.9 Å². The average molecular weight is 353 g/mol. The van der Waals surface area contributed by atoms with Crippen molar-refractivity contribution >= 4 is 81.2 Å². The van der Waals surface area contributed by atoms with Crippen molar-refractivity contribution in [2.75, 3.05) is 0 Å². The second-order valence-electron chi connectivity index (χ2n) is 3.24. The van der Waals surface area contributed by atoms with Crippen LogP contribution >= 0.6 is 69.6 Å². The van der Waals surface area contributed by atoms with Gasteiger partial charge in [-0.25, -0.2) is 0 Å². The van der Waals surface area contributed by atoms with Crippen molar-refractivity contribution in [1.82, 2.24) is 0 Å². The number of ketones is 2. The molecule has 0 aromatic heterocycles. The van der Waals surface area contributed by atoms with E-state index in [0.717, 1.165) is 0 Å². The Morgan fingerprint density at radius 3 is 1.24 bits per heavy atom. The Balaban J connectivity index is 2.94. The standard InChI is InChI=1S/C9Cl6O2/c10-3-1-2(4(11)6(13)5(3)12)8(17)9(14,15)7(1)16. The molecule has 1 aromatic rings. The molecule has 0 unspecified atom stereocenters. The summed E-state index contributed by atoms with van der Waals surface area (Å²) in [5.74, 6) is -1.71. The molecule has 2 nitrogen and oxygen atoms in total. The predicted molar refractivity (Wildman–Crippen MR) is 69.6 cm³/mol. The molecule has 0 bridgehead atoms. The molecule has 1 aliphatic carbocycles. The van der Waals surface area contributed by atoms with Gasteiger partial charge in [-0.15, -0.1) is 0 Å². The number of carbonyl (C=O) groups excluding carboxylic acids is 2. The van der Waals surface area contributed by atoms with Gasteiger partial charge in [0.25, 0.3) is 0 Å². The maximum atomic E-state index is 11.8. The van der Waals surface area contributed by atoms with E-state index in [9.17, 15) is 9.59 Å². The van der Waals surface area contributed by atoms with Gasteiger partial charge in [0.2, 0.25) is 15.9 Å². The van der Waals surface area contributed by atoms with Crippen LogP contribution in [0.1, 0.15) is 20.7 Å². The van der Waals surface area contributed by atoms with E-state index >= 15 is 0 Å². The lowest BCUT2D eigenvalue weighted by molar-refractivity contribution is 0.0908. The molecule has 0 aliphatic heterocycles. The number of Topliss-reactive ketones (excluding diaryl/α,β-unsaturated/α-hetero) is 2. The van der Waals surface area contributed by atoms with E-state index in [-0.39, 0.29) is 31.2 Å². The van der Waals surface area contributed by atoms with Crippen LogP contribution in [-0.2, 0) is 0 Å². The molecule has 0 saturated heterocycles. The van der Waals surface area contributed by atoms with E-state index in [2.05, 4.69) is 0 Å². The van der Waals surface area contributed by atoms with Crippen molar-refractivity contribution in [2.24, 2.45) is 0 Å². The lowest BCUT2D eigenvalue weighted by Crippen LogP contribution is -2.27. The highest BCUT2D eigenvalue weighted by molar-refractivity contribution is 6.75. The lowest BCUT2D eigenvalue weighted by Gasteiger charge is -2.07. The first-order valence-corrected chi connectivity index (χ1v) is 6.31. The normalized spacial score (nSPS) is 17.5. The number of halogens is 6. The third-order valence-corrected chi connectivity index (χ3v) is 4.78. The van der Waals surface area contributed by atoms with Crippen molar-refractivity contribution in [1.29, 1.82) is 0 Å². The summed E-state index contributed by atoms with van der Waals surface area (Å²) in [6, 6.07) is 0. The Morgan fingerprint density at radius 1 is 0.647 bits per heavy atom. The smallest absolute Gasteiger partial charge is 0.242 e. The molecular formula is C9Cl6O2. The molecule has 0 amide bonds. The summed E-state index contributed by atoms with van der Waals surface area (Å²) < 4.78 is -2.23. The van der Waals surface area contributed by atoms with Gasteiger partial charge in [0.15, 0.2) is 0 Å². The van der Waals surface area contributed by atoms with Crippen molar-refractivity contribution < 1.29 is 9.59 Å². The average Bonchev–Trinajstić information content (AvgIpc) is 2.45. The fourth-order valence-electron chi connectivity index (χ4n) is 1.48. The molecule has 17 heavy (non-hydrogen) atoms. The molecular weight excluding hydrogens is 353 g/mol. The van der Waals surface area contributed by atoms with Gasteiger partial charge < -0.3 is 0 Å². The van der Waals surface area contributed by atoms with Gasteiger partial charge in [-0.05, 0) is 0 Å². The number of carbonyl (C=O) groups is 2. The molecule has 0 radical (unpaired) electrons. The van der Waals surface area contributed by atoms with Gasteiger partial charge in [-0.1, -0.05) is 69.6 Å². The van der Waals surface area contributed by atoms with Crippen molar-refractivity contribution in [3.63, 3.8) is 0 Å². The first kappa shape index (κ1) is 13.7. The minimum atomic E-state index is -2.23. The Bertz CT molecular complexity index is 529. The van der Waals surface area contributed by atoms with Crippen LogP contribution in [0, 0.1) is 0 Å². The fraction of sp³-hybridized carbons (Fsp3) is 0.111. The summed E-state index contributed by atoms with van der Waals surface area (Å²) in [6.45, 7) is 0. The van der Waals surface area contributed by atoms with Gasteiger partial charge in [-0.3, -0.25) is 9.59 Å². The van der Waals surface area contributed by atoms with E-state index in [4.69, 9.17) is 69.6 Å². The summed E-state index contributed by atoms with van der Waals surface area (Å²) in [5, 5.41) is -0.608. The van der Waals surface area contributed by atoms with Gasteiger partial charge in [0.05, 0.1) is 31.2 Å². The first-order valence-electron chi connectivity index (χ1n) is 4.04. The van der Waals surface area contributed by atoms with E-state index in [1.807, 2.05) is 0 Å². The largest absolute Gasteiger partial charge is 0.290 e. The molecule has 0 saturated carbocycles. The zero-order valence-corrected chi connectivity index (χ0v) is 12.1. The number of benzene rings is 1. The van der Waals surface area contributed by atoms with E-state index in [1.54, 1.807) is 0 Å². The topological polar surface area (TPSA) is 34.1 Å². The van der Waals surface area contributed by atoms with Crippen LogP contribution in [0.3, 0.4) is 0 Å². The molecule has 0 atom stereocenters. The molecule has 2 rings (SSSR count). The third kappa shape index (κ3) is 1.70. The molecule has 1 aromatic carbocycles.